The van der Waals surface area contributed by atoms with E-state index in [0.717, 1.165) is 56.9 Å². The predicted octanol–water partition coefficient (Wildman–Crippen LogP) is 2.23. The van der Waals surface area contributed by atoms with Crippen molar-refractivity contribution in [2.45, 2.75) is 144 Å². The van der Waals surface area contributed by atoms with Crippen molar-refractivity contribution in [3.05, 3.63) is 29.8 Å². The van der Waals surface area contributed by atoms with E-state index in [1.807, 2.05) is 6.92 Å². The molecule has 8 atom stereocenters. The van der Waals surface area contributed by atoms with Gasteiger partial charge in [-0.1, -0.05) is 31.5 Å². The predicted molar refractivity (Wildman–Crippen MR) is 151 cm³/mol. The zero-order valence-electron chi connectivity index (χ0n) is 25.1. The van der Waals surface area contributed by atoms with Crippen molar-refractivity contribution in [2.75, 3.05) is 13.2 Å². The van der Waals surface area contributed by atoms with Crippen LogP contribution in [0.3, 0.4) is 0 Å². The van der Waals surface area contributed by atoms with Crippen LogP contribution in [0.2, 0.25) is 0 Å². The Labute approximate surface area is 253 Å². The molecular formula is C30H45NO11S. The standard InChI is InChI=1S/C17H22O7S.C13H23NO4/c1-11-4-6-12(7-5-11)25(19,20)21-10-13-14(18)15-16(22-13)24-17(23-15)8-2-3-9-17;1-8(2)14-7-9-10(15)11-12(16-9)18-13(17-11)5-3-4-6-13/h4-7,13-16,18H,2-3,8-10H2,1H3;8-12,14-15H,3-7H2,1-2H3/t13-,14+,15-,16-;9-,10+,11-,12-/m00/s1. The normalized spacial score (nSPS) is 37.3. The second kappa shape index (κ2) is 12.5. The molecule has 2 aliphatic carbocycles. The van der Waals surface area contributed by atoms with E-state index in [9.17, 15) is 18.6 Å². The number of hydrogen-bond donors (Lipinski definition) is 3. The fourth-order valence-electron chi connectivity index (χ4n) is 6.71. The largest absolute Gasteiger partial charge is 0.387 e. The molecular weight excluding hydrogens is 582 g/mol. The fourth-order valence-corrected chi connectivity index (χ4v) is 7.63. The first-order valence-electron chi connectivity index (χ1n) is 15.6. The highest BCUT2D eigenvalue weighted by molar-refractivity contribution is 7.86. The van der Waals surface area contributed by atoms with Gasteiger partial charge in [0.25, 0.3) is 10.1 Å². The lowest BCUT2D eigenvalue weighted by Crippen LogP contribution is -2.42. The van der Waals surface area contributed by atoms with Gasteiger partial charge < -0.3 is 44.0 Å². The van der Waals surface area contributed by atoms with Gasteiger partial charge >= 0.3 is 0 Å². The number of nitrogens with one attached hydrogen (secondary N) is 1. The summed E-state index contributed by atoms with van der Waals surface area (Å²) in [7, 11) is -3.91. The van der Waals surface area contributed by atoms with Crippen LogP contribution in [-0.4, -0.2) is 98.6 Å². The number of rotatable bonds is 7. The van der Waals surface area contributed by atoms with Crippen LogP contribution in [0, 0.1) is 6.92 Å². The van der Waals surface area contributed by atoms with E-state index in [-0.39, 0.29) is 23.7 Å². The number of ether oxygens (including phenoxy) is 6. The highest BCUT2D eigenvalue weighted by Gasteiger charge is 2.59. The quantitative estimate of drug-likeness (QED) is 0.380. The van der Waals surface area contributed by atoms with Crippen molar-refractivity contribution >= 4 is 10.1 Å². The molecule has 242 valence electrons. The molecule has 6 fully saturated rings. The summed E-state index contributed by atoms with van der Waals surface area (Å²) in [6, 6.07) is 6.75. The number of benzene rings is 1. The highest BCUT2D eigenvalue weighted by atomic mass is 32.2. The maximum Gasteiger partial charge on any atom is 0.297 e. The lowest BCUT2D eigenvalue weighted by atomic mass is 10.1. The van der Waals surface area contributed by atoms with Crippen LogP contribution in [0.25, 0.3) is 0 Å². The molecule has 43 heavy (non-hydrogen) atoms. The first kappa shape index (κ1) is 31.7. The molecule has 0 bridgehead atoms. The Kier molecular flexibility index (Phi) is 9.24. The van der Waals surface area contributed by atoms with Crippen molar-refractivity contribution < 1.29 is 51.2 Å². The topological polar surface area (TPSA) is 151 Å². The second-order valence-electron chi connectivity index (χ2n) is 12.8. The van der Waals surface area contributed by atoms with Crippen molar-refractivity contribution in [1.29, 1.82) is 0 Å². The van der Waals surface area contributed by atoms with Gasteiger partial charge in [-0.3, -0.25) is 4.18 Å². The van der Waals surface area contributed by atoms with Crippen LogP contribution in [0.15, 0.2) is 29.2 Å². The molecule has 1 aromatic rings. The Balaban J connectivity index is 0.000000162. The minimum Gasteiger partial charge on any atom is -0.387 e. The van der Waals surface area contributed by atoms with Crippen molar-refractivity contribution in [2.24, 2.45) is 0 Å². The second-order valence-corrected chi connectivity index (χ2v) is 14.4. The van der Waals surface area contributed by atoms with Crippen molar-refractivity contribution in [3.63, 3.8) is 0 Å². The molecule has 3 N–H and O–H groups in total. The molecule has 0 unspecified atom stereocenters. The Bertz CT molecular complexity index is 1200. The van der Waals surface area contributed by atoms with Gasteiger partial charge in [0.15, 0.2) is 24.2 Å². The molecule has 7 rings (SSSR count). The molecule has 12 nitrogen and oxygen atoms in total. The summed E-state index contributed by atoms with van der Waals surface area (Å²) >= 11 is 0. The molecule has 4 heterocycles. The Morgan fingerprint density at radius 1 is 0.837 bits per heavy atom. The molecule has 0 amide bonds. The number of fused-ring (bicyclic) bond motifs is 2. The van der Waals surface area contributed by atoms with Crippen LogP contribution >= 0.6 is 0 Å². The van der Waals surface area contributed by atoms with Crippen molar-refractivity contribution in [3.8, 4) is 0 Å². The number of aliphatic hydroxyl groups is 2. The molecule has 4 saturated heterocycles. The first-order chi connectivity index (χ1) is 20.5. The van der Waals surface area contributed by atoms with Crippen LogP contribution in [0.5, 0.6) is 0 Å². The maximum absolute atomic E-state index is 12.2. The molecule has 1 aromatic carbocycles. The minimum atomic E-state index is -3.91. The average molecular weight is 628 g/mol. The van der Waals surface area contributed by atoms with E-state index in [1.165, 1.54) is 12.1 Å². The molecule has 13 heteroatoms. The highest BCUT2D eigenvalue weighted by Crippen LogP contribution is 2.47. The van der Waals surface area contributed by atoms with E-state index in [4.69, 9.17) is 32.6 Å². The summed E-state index contributed by atoms with van der Waals surface area (Å²) in [6.45, 7) is 6.36. The fraction of sp³-hybridized carbons (Fsp3) is 0.800. The number of aryl methyl sites for hydroxylation is 1. The van der Waals surface area contributed by atoms with Crippen LogP contribution in [0.4, 0.5) is 0 Å². The van der Waals surface area contributed by atoms with Gasteiger partial charge in [-0.05, 0) is 44.7 Å². The lowest BCUT2D eigenvalue weighted by Gasteiger charge is -2.26. The molecule has 2 saturated carbocycles. The third kappa shape index (κ3) is 6.68. The van der Waals surface area contributed by atoms with Gasteiger partial charge in [0.05, 0.1) is 11.5 Å². The van der Waals surface area contributed by atoms with Gasteiger partial charge in [0.2, 0.25) is 0 Å². The maximum atomic E-state index is 12.2. The first-order valence-corrected chi connectivity index (χ1v) is 17.0. The van der Waals surface area contributed by atoms with E-state index < -0.39 is 58.7 Å². The number of hydrogen-bond acceptors (Lipinski definition) is 12. The Morgan fingerprint density at radius 2 is 1.33 bits per heavy atom. The van der Waals surface area contributed by atoms with E-state index in [2.05, 4.69) is 19.2 Å². The zero-order valence-corrected chi connectivity index (χ0v) is 25.9. The summed E-state index contributed by atoms with van der Waals surface area (Å²) < 4.78 is 64.6. The van der Waals surface area contributed by atoms with Crippen LogP contribution in [-0.2, 0) is 42.7 Å². The summed E-state index contributed by atoms with van der Waals surface area (Å²) in [6.07, 6.45) is 3.12. The molecule has 0 aromatic heterocycles. The lowest BCUT2D eigenvalue weighted by molar-refractivity contribution is -0.231. The van der Waals surface area contributed by atoms with Gasteiger partial charge in [-0.2, -0.15) is 8.42 Å². The van der Waals surface area contributed by atoms with E-state index >= 15 is 0 Å². The monoisotopic (exact) mass is 627 g/mol. The van der Waals surface area contributed by atoms with Crippen LogP contribution in [0.1, 0.15) is 70.8 Å². The molecule has 6 aliphatic rings. The molecule has 0 radical (unpaired) electrons. The minimum absolute atomic E-state index is 0.0724. The summed E-state index contributed by atoms with van der Waals surface area (Å²) in [4.78, 5) is 0.0724. The molecule has 4 aliphatic heterocycles. The summed E-state index contributed by atoms with van der Waals surface area (Å²) in [5, 5.41) is 23.9. The van der Waals surface area contributed by atoms with Gasteiger partial charge in [-0.15, -0.1) is 0 Å². The third-order valence-corrected chi connectivity index (χ3v) is 10.4. The zero-order chi connectivity index (χ0) is 30.4. The smallest absolute Gasteiger partial charge is 0.297 e. The number of aliphatic hydroxyl groups excluding tert-OH is 2. The van der Waals surface area contributed by atoms with Crippen LogP contribution < -0.4 is 5.32 Å². The van der Waals surface area contributed by atoms with E-state index in [1.54, 1.807) is 12.1 Å². The Morgan fingerprint density at radius 3 is 1.81 bits per heavy atom. The van der Waals surface area contributed by atoms with Gasteiger partial charge in [0, 0.05) is 38.3 Å². The molecule has 2 spiro atoms. The average Bonchev–Trinajstić information content (AvgIpc) is 3.82. The van der Waals surface area contributed by atoms with Gasteiger partial charge in [-0.25, -0.2) is 0 Å². The van der Waals surface area contributed by atoms with Crippen molar-refractivity contribution in [1.82, 2.24) is 5.32 Å². The SMILES string of the molecule is CC(C)NC[C@@H]1O[C@H]2OC3(CCCC3)O[C@H]2[C@@H]1O.Cc1ccc(S(=O)(=O)OC[C@@H]2O[C@H]3OC4(CCCC4)O[C@H]3[C@@H]2O)cc1. The van der Waals surface area contributed by atoms with Gasteiger partial charge in [0.1, 0.15) is 36.6 Å². The Hall–Kier alpha value is -1.23. The summed E-state index contributed by atoms with van der Waals surface area (Å²) in [5.41, 5.74) is 0.955. The summed E-state index contributed by atoms with van der Waals surface area (Å²) in [5.74, 6) is -1.11. The third-order valence-electron chi connectivity index (χ3n) is 9.11. The van der Waals surface area contributed by atoms with E-state index in [0.29, 0.717) is 12.6 Å².